The van der Waals surface area contributed by atoms with E-state index >= 15 is 0 Å². The Kier molecular flexibility index (Phi) is 8.17. The van der Waals surface area contributed by atoms with Crippen LogP contribution in [-0.2, 0) is 28.6 Å². The Morgan fingerprint density at radius 3 is 1.04 bits per heavy atom. The van der Waals surface area contributed by atoms with E-state index in [0.29, 0.717) is 0 Å². The van der Waals surface area contributed by atoms with E-state index in [1.165, 1.54) is 35.5 Å². The smallest absolute Gasteiger partial charge is 0.304 e. The minimum absolute atomic E-state index is 0.0699. The molecule has 27 heavy (non-hydrogen) atoms. The first-order chi connectivity index (χ1) is 12.6. The zero-order valence-corrected chi connectivity index (χ0v) is 16.3. The molecule has 1 aromatic rings. The van der Waals surface area contributed by atoms with Gasteiger partial charge < -0.3 is 28.9 Å². The molecule has 0 aliphatic heterocycles. The molecule has 12 nitrogen and oxygen atoms in total. The number of hydrogen-bond donors (Lipinski definition) is 0. The molecule has 1 rings (SSSR count). The molecule has 0 N–H and O–H groups in total. The van der Waals surface area contributed by atoms with Crippen molar-refractivity contribution in [2.45, 2.75) is 20.8 Å². The summed E-state index contributed by atoms with van der Waals surface area (Å²) in [4.78, 5) is 50.4. The molecule has 0 radical (unpaired) electrons. The maximum absolute atomic E-state index is 11.0. The Balaban J connectivity index is 3.10. The monoisotopic (exact) mass is 384 g/mol. The zero-order valence-electron chi connectivity index (χ0n) is 16.3. The van der Waals surface area contributed by atoms with Gasteiger partial charge in [0, 0.05) is 41.9 Å². The quantitative estimate of drug-likeness (QED) is 0.316. The van der Waals surface area contributed by atoms with Crippen LogP contribution in [0.5, 0.6) is 0 Å². The van der Waals surface area contributed by atoms with E-state index in [1.807, 2.05) is 0 Å². The second-order valence-electron chi connectivity index (χ2n) is 5.62. The Morgan fingerprint density at radius 2 is 0.852 bits per heavy atom. The van der Waals surface area contributed by atoms with Crippen molar-refractivity contribution < 1.29 is 28.6 Å². The van der Waals surface area contributed by atoms with E-state index in [9.17, 15) is 14.4 Å². The standard InChI is InChI=1S/C15H24N6O6/c1-10(22)25-7-19(4)13-16-14(20(5)8-26-11(2)23)18-15(17-13)21(6)9-27-12(3)24/h7-9H2,1-6H3. The van der Waals surface area contributed by atoms with Crippen molar-refractivity contribution in [2.24, 2.45) is 0 Å². The van der Waals surface area contributed by atoms with Crippen molar-refractivity contribution in [1.82, 2.24) is 15.0 Å². The first-order valence-electron chi connectivity index (χ1n) is 7.89. The summed E-state index contributed by atoms with van der Waals surface area (Å²) >= 11 is 0. The third-order valence-electron chi connectivity index (χ3n) is 3.01. The first-order valence-corrected chi connectivity index (χ1v) is 7.89. The zero-order chi connectivity index (χ0) is 20.6. The van der Waals surface area contributed by atoms with Crippen LogP contribution in [0.15, 0.2) is 0 Å². The lowest BCUT2D eigenvalue weighted by Crippen LogP contribution is -2.31. The number of carbonyl (C=O) groups is 3. The third-order valence-corrected chi connectivity index (χ3v) is 3.01. The van der Waals surface area contributed by atoms with Gasteiger partial charge in [0.25, 0.3) is 0 Å². The summed E-state index contributed by atoms with van der Waals surface area (Å²) in [5, 5.41) is 0. The fourth-order valence-electron chi connectivity index (χ4n) is 1.59. The molecule has 0 aliphatic rings. The van der Waals surface area contributed by atoms with E-state index < -0.39 is 17.9 Å². The van der Waals surface area contributed by atoms with Gasteiger partial charge in [-0.15, -0.1) is 0 Å². The van der Waals surface area contributed by atoms with Crippen molar-refractivity contribution in [1.29, 1.82) is 0 Å². The Labute approximate surface area is 157 Å². The molecule has 1 aromatic heterocycles. The number of esters is 3. The predicted octanol–water partition coefficient (Wildman–Crippen LogP) is -0.258. The van der Waals surface area contributed by atoms with Crippen molar-refractivity contribution in [3.8, 4) is 0 Å². The summed E-state index contributed by atoms with van der Waals surface area (Å²) in [7, 11) is 4.89. The average Bonchev–Trinajstić information content (AvgIpc) is 2.61. The van der Waals surface area contributed by atoms with Crippen LogP contribution in [0.2, 0.25) is 0 Å². The predicted molar refractivity (Wildman–Crippen MR) is 94.9 cm³/mol. The molecule has 0 aliphatic carbocycles. The summed E-state index contributed by atoms with van der Waals surface area (Å²) < 4.78 is 14.8. The highest BCUT2D eigenvalue weighted by Crippen LogP contribution is 2.17. The van der Waals surface area contributed by atoms with Gasteiger partial charge in [0.1, 0.15) is 0 Å². The fourth-order valence-corrected chi connectivity index (χ4v) is 1.59. The summed E-state index contributed by atoms with van der Waals surface area (Å²) in [5.74, 6) is -0.720. The van der Waals surface area contributed by atoms with Crippen LogP contribution in [0.25, 0.3) is 0 Å². The summed E-state index contributed by atoms with van der Waals surface area (Å²) in [6.07, 6.45) is 0. The second kappa shape index (κ2) is 10.1. The Bertz CT molecular complexity index is 582. The molecule has 0 unspecified atom stereocenters. The molecule has 1 heterocycles. The molecule has 0 saturated heterocycles. The van der Waals surface area contributed by atoms with Crippen LogP contribution < -0.4 is 14.7 Å². The van der Waals surface area contributed by atoms with E-state index in [0.717, 1.165) is 0 Å². The normalized spacial score (nSPS) is 10.0. The van der Waals surface area contributed by atoms with Crippen LogP contribution in [0.4, 0.5) is 17.8 Å². The topological polar surface area (TPSA) is 127 Å². The van der Waals surface area contributed by atoms with E-state index in [-0.39, 0.29) is 38.0 Å². The van der Waals surface area contributed by atoms with Crippen LogP contribution in [0, 0.1) is 0 Å². The number of nitrogens with zero attached hydrogens (tertiary/aromatic N) is 6. The molecule has 0 atom stereocenters. The van der Waals surface area contributed by atoms with Gasteiger partial charge in [0.2, 0.25) is 17.8 Å². The molecule has 0 aromatic carbocycles. The summed E-state index contributed by atoms with van der Waals surface area (Å²) in [6.45, 7) is 3.66. The van der Waals surface area contributed by atoms with Gasteiger partial charge in [0.15, 0.2) is 20.2 Å². The molecular formula is C15H24N6O6. The molecule has 150 valence electrons. The maximum atomic E-state index is 11.0. The molecule has 0 fully saturated rings. The summed E-state index contributed by atoms with van der Waals surface area (Å²) in [6, 6.07) is 0. The van der Waals surface area contributed by atoms with E-state index in [1.54, 1.807) is 21.1 Å². The lowest BCUT2D eigenvalue weighted by molar-refractivity contribution is -0.141. The highest BCUT2D eigenvalue weighted by Gasteiger charge is 2.17. The molecule has 0 spiro atoms. The molecule has 12 heteroatoms. The third kappa shape index (κ3) is 7.71. The highest BCUT2D eigenvalue weighted by molar-refractivity contribution is 5.67. The van der Waals surface area contributed by atoms with Crippen molar-refractivity contribution >= 4 is 35.8 Å². The summed E-state index contributed by atoms with van der Waals surface area (Å²) in [5.41, 5.74) is 0. The number of aromatic nitrogens is 3. The lowest BCUT2D eigenvalue weighted by Gasteiger charge is -2.23. The van der Waals surface area contributed by atoms with Gasteiger partial charge >= 0.3 is 17.9 Å². The highest BCUT2D eigenvalue weighted by atomic mass is 16.6. The largest absolute Gasteiger partial charge is 0.444 e. The molecule has 0 bridgehead atoms. The van der Waals surface area contributed by atoms with Gasteiger partial charge in [-0.3, -0.25) is 14.4 Å². The maximum Gasteiger partial charge on any atom is 0.304 e. The minimum Gasteiger partial charge on any atom is -0.444 e. The number of carbonyl (C=O) groups excluding carboxylic acids is 3. The van der Waals surface area contributed by atoms with E-state index in [2.05, 4.69) is 15.0 Å². The van der Waals surface area contributed by atoms with Gasteiger partial charge in [-0.2, -0.15) is 15.0 Å². The lowest BCUT2D eigenvalue weighted by atomic mass is 10.6. The van der Waals surface area contributed by atoms with Gasteiger partial charge in [-0.05, 0) is 0 Å². The SMILES string of the molecule is CC(=O)OCN(C)c1nc(N(C)COC(C)=O)nc(N(C)COC(C)=O)n1. The molecular weight excluding hydrogens is 360 g/mol. The second-order valence-corrected chi connectivity index (χ2v) is 5.62. The van der Waals surface area contributed by atoms with Crippen molar-refractivity contribution in [3.63, 3.8) is 0 Å². The average molecular weight is 384 g/mol. The van der Waals surface area contributed by atoms with Crippen LogP contribution >= 0.6 is 0 Å². The van der Waals surface area contributed by atoms with Gasteiger partial charge in [-0.25, -0.2) is 0 Å². The first kappa shape index (κ1) is 21.9. The fraction of sp³-hybridized carbons (Fsp3) is 0.600. The van der Waals surface area contributed by atoms with Crippen LogP contribution in [0.3, 0.4) is 0 Å². The van der Waals surface area contributed by atoms with Crippen molar-refractivity contribution in [2.75, 3.05) is 56.0 Å². The van der Waals surface area contributed by atoms with Gasteiger partial charge in [0.05, 0.1) is 0 Å². The van der Waals surface area contributed by atoms with Gasteiger partial charge in [-0.1, -0.05) is 0 Å². The number of rotatable bonds is 9. The number of ether oxygens (including phenoxy) is 3. The molecule has 0 amide bonds. The van der Waals surface area contributed by atoms with E-state index in [4.69, 9.17) is 14.2 Å². The number of hydrogen-bond acceptors (Lipinski definition) is 12. The molecule has 0 saturated carbocycles. The van der Waals surface area contributed by atoms with Crippen molar-refractivity contribution in [3.05, 3.63) is 0 Å². The Morgan fingerprint density at radius 1 is 0.630 bits per heavy atom. The minimum atomic E-state index is -0.449. The Hall–Kier alpha value is -3.18. The van der Waals surface area contributed by atoms with Crippen LogP contribution in [0.1, 0.15) is 20.8 Å². The van der Waals surface area contributed by atoms with Crippen LogP contribution in [-0.4, -0.2) is 74.2 Å². The number of anilines is 3.